The van der Waals surface area contributed by atoms with Crippen LogP contribution in [0.1, 0.15) is 50.8 Å². The maximum Gasteiger partial charge on any atom is 0.410 e. The molecule has 0 atom stereocenters. The summed E-state index contributed by atoms with van der Waals surface area (Å²) in [6.07, 6.45) is 4.06. The van der Waals surface area contributed by atoms with Crippen LogP contribution in [0.5, 0.6) is 5.88 Å². The number of halogens is 1. The van der Waals surface area contributed by atoms with Gasteiger partial charge in [-0.3, -0.25) is 4.98 Å². The van der Waals surface area contributed by atoms with Crippen LogP contribution in [0.25, 0.3) is 0 Å². The molecule has 6 nitrogen and oxygen atoms in total. The van der Waals surface area contributed by atoms with Crippen molar-refractivity contribution in [1.29, 1.82) is 0 Å². The predicted octanol–water partition coefficient (Wildman–Crippen LogP) is 4.31. The molecule has 1 saturated heterocycles. The molecule has 28 heavy (non-hydrogen) atoms. The second-order valence-corrected chi connectivity index (χ2v) is 7.90. The summed E-state index contributed by atoms with van der Waals surface area (Å²) < 4.78 is 24.8. The van der Waals surface area contributed by atoms with Gasteiger partial charge < -0.3 is 14.4 Å². The molecule has 1 amide bonds. The molecule has 3 heterocycles. The molecule has 0 radical (unpaired) electrons. The topological polar surface area (TPSA) is 64.5 Å². The van der Waals surface area contributed by atoms with Crippen LogP contribution < -0.4 is 4.74 Å². The lowest BCUT2D eigenvalue weighted by molar-refractivity contribution is 0.0204. The van der Waals surface area contributed by atoms with Crippen molar-refractivity contribution < 1.29 is 18.7 Å². The zero-order chi connectivity index (χ0) is 20.1. The van der Waals surface area contributed by atoms with E-state index in [9.17, 15) is 9.18 Å². The predicted molar refractivity (Wildman–Crippen MR) is 103 cm³/mol. The van der Waals surface area contributed by atoms with Crippen molar-refractivity contribution in [1.82, 2.24) is 14.9 Å². The monoisotopic (exact) mass is 387 g/mol. The second kappa shape index (κ2) is 8.54. The number of piperidine rings is 1. The lowest BCUT2D eigenvalue weighted by atomic mass is 9.93. The number of nitrogens with zero attached hydrogens (tertiary/aromatic N) is 3. The molecular formula is C21H26FN3O3. The Labute approximate surface area is 164 Å². The number of amides is 1. The smallest absolute Gasteiger partial charge is 0.410 e. The van der Waals surface area contributed by atoms with E-state index in [-0.39, 0.29) is 18.6 Å². The Kier molecular flexibility index (Phi) is 6.11. The highest BCUT2D eigenvalue weighted by Gasteiger charge is 2.28. The fourth-order valence-corrected chi connectivity index (χ4v) is 3.10. The normalized spacial score (nSPS) is 15.4. The number of likely N-dealkylation sites (tertiary alicyclic amines) is 1. The number of carbonyl (C=O) groups excluding carboxylic acids is 1. The van der Waals surface area contributed by atoms with Gasteiger partial charge in [-0.15, -0.1) is 0 Å². The van der Waals surface area contributed by atoms with Crippen LogP contribution in [0.2, 0.25) is 0 Å². The molecule has 0 saturated carbocycles. The van der Waals surface area contributed by atoms with Crippen molar-refractivity contribution in [2.45, 2.75) is 51.7 Å². The minimum absolute atomic E-state index is 0.0991. The van der Waals surface area contributed by atoms with E-state index >= 15 is 0 Å². The second-order valence-electron chi connectivity index (χ2n) is 7.90. The molecule has 1 fully saturated rings. The first-order valence-corrected chi connectivity index (χ1v) is 9.48. The van der Waals surface area contributed by atoms with E-state index in [1.165, 1.54) is 12.4 Å². The standard InChI is InChI=1S/C21H26FN3O3/c1-21(2,3)28-20(26)25-11-8-15(9-12-25)18-5-4-6-19(24-18)27-14-16-7-10-23-13-17(16)22/h4-7,10,13,15H,8-9,11-12,14H2,1-3H3. The largest absolute Gasteiger partial charge is 0.473 e. The van der Waals surface area contributed by atoms with Gasteiger partial charge in [-0.2, -0.15) is 0 Å². The first-order chi connectivity index (χ1) is 13.3. The van der Waals surface area contributed by atoms with Gasteiger partial charge in [-0.05, 0) is 45.7 Å². The van der Waals surface area contributed by atoms with Crippen LogP contribution in [0.4, 0.5) is 9.18 Å². The van der Waals surface area contributed by atoms with E-state index in [0.717, 1.165) is 18.5 Å². The van der Waals surface area contributed by atoms with Crippen LogP contribution in [0.3, 0.4) is 0 Å². The summed E-state index contributed by atoms with van der Waals surface area (Å²) in [7, 11) is 0. The summed E-state index contributed by atoms with van der Waals surface area (Å²) in [5.41, 5.74) is 0.875. The van der Waals surface area contributed by atoms with Crippen molar-refractivity contribution in [3.05, 3.63) is 53.7 Å². The number of pyridine rings is 2. The van der Waals surface area contributed by atoms with E-state index in [1.54, 1.807) is 17.0 Å². The minimum Gasteiger partial charge on any atom is -0.473 e. The molecule has 0 spiro atoms. The first kappa shape index (κ1) is 20.0. The molecule has 2 aromatic rings. The van der Waals surface area contributed by atoms with Crippen molar-refractivity contribution in [2.24, 2.45) is 0 Å². The zero-order valence-corrected chi connectivity index (χ0v) is 16.5. The van der Waals surface area contributed by atoms with Crippen LogP contribution >= 0.6 is 0 Å². The molecule has 0 unspecified atom stereocenters. The van der Waals surface area contributed by atoms with Crippen LogP contribution in [-0.4, -0.2) is 39.7 Å². The van der Waals surface area contributed by atoms with E-state index in [0.29, 0.717) is 24.5 Å². The van der Waals surface area contributed by atoms with Gasteiger partial charge in [0.15, 0.2) is 0 Å². The minimum atomic E-state index is -0.491. The SMILES string of the molecule is CC(C)(C)OC(=O)N1CCC(c2cccc(OCc3ccncc3F)n2)CC1. The van der Waals surface area contributed by atoms with Gasteiger partial charge in [-0.1, -0.05) is 6.07 Å². The lowest BCUT2D eigenvalue weighted by Crippen LogP contribution is -2.41. The summed E-state index contributed by atoms with van der Waals surface area (Å²) in [4.78, 5) is 22.2. The van der Waals surface area contributed by atoms with Crippen molar-refractivity contribution in [2.75, 3.05) is 13.1 Å². The average Bonchev–Trinajstić information content (AvgIpc) is 2.66. The Balaban J connectivity index is 1.56. The quantitative estimate of drug-likeness (QED) is 0.782. The van der Waals surface area contributed by atoms with E-state index in [4.69, 9.17) is 9.47 Å². The molecule has 0 aliphatic carbocycles. The summed E-state index contributed by atoms with van der Waals surface area (Å²) >= 11 is 0. The first-order valence-electron chi connectivity index (χ1n) is 9.48. The Morgan fingerprint density at radius 2 is 2.00 bits per heavy atom. The van der Waals surface area contributed by atoms with Gasteiger partial charge >= 0.3 is 6.09 Å². The highest BCUT2D eigenvalue weighted by atomic mass is 19.1. The van der Waals surface area contributed by atoms with Crippen LogP contribution in [-0.2, 0) is 11.3 Å². The van der Waals surface area contributed by atoms with E-state index < -0.39 is 11.4 Å². The highest BCUT2D eigenvalue weighted by Crippen LogP contribution is 2.28. The Hall–Kier alpha value is -2.70. The Bertz CT molecular complexity index is 815. The van der Waals surface area contributed by atoms with E-state index in [1.807, 2.05) is 32.9 Å². The molecule has 150 valence electrons. The maximum atomic E-state index is 13.7. The highest BCUT2D eigenvalue weighted by molar-refractivity contribution is 5.68. The molecular weight excluding hydrogens is 361 g/mol. The fraction of sp³-hybridized carbons (Fsp3) is 0.476. The number of hydrogen-bond acceptors (Lipinski definition) is 5. The molecule has 1 aliphatic rings. The van der Waals surface area contributed by atoms with Gasteiger partial charge in [0, 0.05) is 42.5 Å². The third-order valence-electron chi connectivity index (χ3n) is 4.54. The molecule has 7 heteroatoms. The maximum absolute atomic E-state index is 13.7. The molecule has 3 rings (SSSR count). The van der Waals surface area contributed by atoms with E-state index in [2.05, 4.69) is 9.97 Å². The summed E-state index contributed by atoms with van der Waals surface area (Å²) in [5, 5.41) is 0. The summed E-state index contributed by atoms with van der Waals surface area (Å²) in [6, 6.07) is 7.21. The number of carbonyl (C=O) groups is 1. The third kappa shape index (κ3) is 5.41. The third-order valence-corrected chi connectivity index (χ3v) is 4.54. The molecule has 2 aromatic heterocycles. The summed E-state index contributed by atoms with van der Waals surface area (Å²) in [6.45, 7) is 6.96. The molecule has 0 aromatic carbocycles. The van der Waals surface area contributed by atoms with Gasteiger partial charge in [0.25, 0.3) is 0 Å². The Morgan fingerprint density at radius 1 is 1.25 bits per heavy atom. The van der Waals surface area contributed by atoms with Gasteiger partial charge in [0.1, 0.15) is 18.0 Å². The Morgan fingerprint density at radius 3 is 2.68 bits per heavy atom. The molecule has 1 aliphatic heterocycles. The molecule has 0 bridgehead atoms. The van der Waals surface area contributed by atoms with Crippen LogP contribution in [0, 0.1) is 5.82 Å². The van der Waals surface area contributed by atoms with Gasteiger partial charge in [0.2, 0.25) is 5.88 Å². The lowest BCUT2D eigenvalue weighted by Gasteiger charge is -2.33. The summed E-state index contributed by atoms with van der Waals surface area (Å²) in [5.74, 6) is 0.316. The number of aromatic nitrogens is 2. The van der Waals surface area contributed by atoms with Crippen molar-refractivity contribution in [3.63, 3.8) is 0 Å². The van der Waals surface area contributed by atoms with Gasteiger partial charge in [-0.25, -0.2) is 14.2 Å². The van der Waals surface area contributed by atoms with Crippen molar-refractivity contribution >= 4 is 6.09 Å². The number of rotatable bonds is 4. The van der Waals surface area contributed by atoms with Crippen LogP contribution in [0.15, 0.2) is 36.7 Å². The number of ether oxygens (including phenoxy) is 2. The van der Waals surface area contributed by atoms with Gasteiger partial charge in [0.05, 0.1) is 6.20 Å². The van der Waals surface area contributed by atoms with Crippen molar-refractivity contribution in [3.8, 4) is 5.88 Å². The fourth-order valence-electron chi connectivity index (χ4n) is 3.10. The molecule has 0 N–H and O–H groups in total. The zero-order valence-electron chi connectivity index (χ0n) is 16.5. The average molecular weight is 387 g/mol. The number of hydrogen-bond donors (Lipinski definition) is 0.